The molecule has 0 amide bonds. The van der Waals surface area contributed by atoms with Crippen LogP contribution in [0, 0.1) is 5.82 Å². The molecule has 0 aliphatic carbocycles. The molecule has 1 fully saturated rings. The fraction of sp³-hybridized carbons (Fsp3) is 0.400. The predicted octanol–water partition coefficient (Wildman–Crippen LogP) is 4.20. The van der Waals surface area contributed by atoms with Gasteiger partial charge in [0.1, 0.15) is 5.82 Å². The summed E-state index contributed by atoms with van der Waals surface area (Å²) < 4.78 is 14.7. The lowest BCUT2D eigenvalue weighted by Crippen LogP contribution is -2.21. The van der Waals surface area contributed by atoms with Crippen molar-refractivity contribution in [1.29, 1.82) is 0 Å². The molecular formula is C20H25FN2. The third-order valence-corrected chi connectivity index (χ3v) is 4.70. The summed E-state index contributed by atoms with van der Waals surface area (Å²) in [4.78, 5) is 0. The van der Waals surface area contributed by atoms with Crippen LogP contribution in [0.2, 0.25) is 0 Å². The third kappa shape index (κ3) is 3.80. The van der Waals surface area contributed by atoms with E-state index in [1.54, 1.807) is 6.07 Å². The summed E-state index contributed by atoms with van der Waals surface area (Å²) in [5, 5.41) is 3.53. The van der Waals surface area contributed by atoms with Crippen LogP contribution in [0.4, 0.5) is 4.39 Å². The molecule has 3 N–H and O–H groups in total. The molecule has 0 aromatic heterocycles. The molecule has 1 aliphatic rings. The first-order valence-corrected chi connectivity index (χ1v) is 8.52. The molecule has 1 aliphatic heterocycles. The summed E-state index contributed by atoms with van der Waals surface area (Å²) in [5.41, 5.74) is 9.27. The highest BCUT2D eigenvalue weighted by Gasteiger charge is 2.15. The van der Waals surface area contributed by atoms with E-state index in [0.29, 0.717) is 17.2 Å². The number of rotatable bonds is 5. The number of benzene rings is 2. The fourth-order valence-corrected chi connectivity index (χ4v) is 3.36. The van der Waals surface area contributed by atoms with Gasteiger partial charge < -0.3 is 11.1 Å². The molecular weight excluding hydrogens is 287 g/mol. The summed E-state index contributed by atoms with van der Waals surface area (Å²) in [6.07, 6.45) is 4.72. The van der Waals surface area contributed by atoms with Crippen LogP contribution in [0.15, 0.2) is 42.5 Å². The van der Waals surface area contributed by atoms with Crippen molar-refractivity contribution in [2.24, 2.45) is 5.73 Å². The van der Waals surface area contributed by atoms with Gasteiger partial charge in [0.05, 0.1) is 0 Å². The topological polar surface area (TPSA) is 38.0 Å². The summed E-state index contributed by atoms with van der Waals surface area (Å²) in [7, 11) is 0. The van der Waals surface area contributed by atoms with Crippen LogP contribution in [-0.2, 0) is 6.42 Å². The van der Waals surface area contributed by atoms with Crippen LogP contribution in [-0.4, -0.2) is 12.6 Å². The second-order valence-corrected chi connectivity index (χ2v) is 6.53. The Hall–Kier alpha value is -1.71. The van der Waals surface area contributed by atoms with Gasteiger partial charge in [0, 0.05) is 23.2 Å². The van der Waals surface area contributed by atoms with E-state index in [1.807, 2.05) is 31.2 Å². The summed E-state index contributed by atoms with van der Waals surface area (Å²) in [6.45, 7) is 2.95. The predicted molar refractivity (Wildman–Crippen MR) is 93.8 cm³/mol. The summed E-state index contributed by atoms with van der Waals surface area (Å²) >= 11 is 0. The Morgan fingerprint density at radius 2 is 2.09 bits per heavy atom. The maximum atomic E-state index is 14.7. The lowest BCUT2D eigenvalue weighted by atomic mass is 9.96. The highest BCUT2D eigenvalue weighted by Crippen LogP contribution is 2.28. The molecule has 3 rings (SSSR count). The molecule has 2 aromatic rings. The highest BCUT2D eigenvalue weighted by molar-refractivity contribution is 5.66. The molecule has 0 radical (unpaired) electrons. The minimum absolute atomic E-state index is 0.197. The van der Waals surface area contributed by atoms with Crippen LogP contribution >= 0.6 is 0 Å². The zero-order chi connectivity index (χ0) is 16.2. The molecule has 0 bridgehead atoms. The monoisotopic (exact) mass is 312 g/mol. The number of halogens is 1. The first-order chi connectivity index (χ1) is 11.1. The van der Waals surface area contributed by atoms with Gasteiger partial charge >= 0.3 is 0 Å². The Morgan fingerprint density at radius 3 is 2.83 bits per heavy atom. The Labute approximate surface area is 137 Å². The van der Waals surface area contributed by atoms with Crippen molar-refractivity contribution in [3.63, 3.8) is 0 Å². The van der Waals surface area contributed by atoms with Crippen molar-refractivity contribution in [2.45, 2.75) is 44.7 Å². The molecule has 2 aromatic carbocycles. The van der Waals surface area contributed by atoms with E-state index in [-0.39, 0.29) is 11.9 Å². The fourth-order valence-electron chi connectivity index (χ4n) is 3.36. The zero-order valence-electron chi connectivity index (χ0n) is 13.7. The molecule has 0 spiro atoms. The van der Waals surface area contributed by atoms with Gasteiger partial charge in [0.15, 0.2) is 0 Å². The maximum absolute atomic E-state index is 14.7. The lowest BCUT2D eigenvalue weighted by Gasteiger charge is -2.13. The van der Waals surface area contributed by atoms with Crippen LogP contribution < -0.4 is 11.1 Å². The molecule has 1 saturated heterocycles. The van der Waals surface area contributed by atoms with E-state index in [4.69, 9.17) is 5.73 Å². The highest BCUT2D eigenvalue weighted by atomic mass is 19.1. The van der Waals surface area contributed by atoms with Crippen LogP contribution in [0.25, 0.3) is 11.1 Å². The maximum Gasteiger partial charge on any atom is 0.135 e. The van der Waals surface area contributed by atoms with Gasteiger partial charge in [-0.05, 0) is 50.3 Å². The Kier molecular flexibility index (Phi) is 5.09. The molecule has 122 valence electrons. The Balaban J connectivity index is 1.80. The average Bonchev–Trinajstić information content (AvgIpc) is 3.06. The number of nitrogens with two attached hydrogens (primary N) is 1. The first-order valence-electron chi connectivity index (χ1n) is 8.52. The SMILES string of the molecule is C[C@@H](N)c1cccc(-c2cccc(CCC3CCCN3)c2)c1F. The van der Waals surface area contributed by atoms with Gasteiger partial charge in [-0.2, -0.15) is 0 Å². The van der Waals surface area contributed by atoms with Crippen molar-refractivity contribution in [3.8, 4) is 11.1 Å². The molecule has 1 unspecified atom stereocenters. The lowest BCUT2D eigenvalue weighted by molar-refractivity contribution is 0.559. The molecule has 2 atom stereocenters. The average molecular weight is 312 g/mol. The summed E-state index contributed by atoms with van der Waals surface area (Å²) in [5.74, 6) is -0.197. The smallest absolute Gasteiger partial charge is 0.135 e. The number of aryl methyl sites for hydroxylation is 1. The van der Waals surface area contributed by atoms with Crippen LogP contribution in [0.3, 0.4) is 0 Å². The zero-order valence-corrected chi connectivity index (χ0v) is 13.7. The van der Waals surface area contributed by atoms with E-state index in [0.717, 1.165) is 24.9 Å². The van der Waals surface area contributed by atoms with Gasteiger partial charge in [-0.15, -0.1) is 0 Å². The van der Waals surface area contributed by atoms with Crippen LogP contribution in [0.1, 0.15) is 43.4 Å². The molecule has 2 nitrogen and oxygen atoms in total. The van der Waals surface area contributed by atoms with Gasteiger partial charge in [-0.3, -0.25) is 0 Å². The minimum atomic E-state index is -0.299. The number of hydrogen-bond donors (Lipinski definition) is 2. The van der Waals surface area contributed by atoms with Crippen molar-refractivity contribution in [1.82, 2.24) is 5.32 Å². The van der Waals surface area contributed by atoms with Gasteiger partial charge in [0.2, 0.25) is 0 Å². The van der Waals surface area contributed by atoms with Crippen LogP contribution in [0.5, 0.6) is 0 Å². The van der Waals surface area contributed by atoms with E-state index in [2.05, 4.69) is 17.4 Å². The van der Waals surface area contributed by atoms with Crippen molar-refractivity contribution >= 4 is 0 Å². The van der Waals surface area contributed by atoms with Gasteiger partial charge in [0.25, 0.3) is 0 Å². The normalized spacial score (nSPS) is 19.0. The first kappa shape index (κ1) is 16.2. The van der Waals surface area contributed by atoms with Crippen molar-refractivity contribution < 1.29 is 4.39 Å². The Bertz CT molecular complexity index is 660. The number of hydrogen-bond acceptors (Lipinski definition) is 2. The van der Waals surface area contributed by atoms with Gasteiger partial charge in [-0.1, -0.05) is 42.5 Å². The van der Waals surface area contributed by atoms with Crippen molar-refractivity contribution in [2.75, 3.05) is 6.54 Å². The molecule has 0 saturated carbocycles. The van der Waals surface area contributed by atoms with E-state index < -0.39 is 0 Å². The van der Waals surface area contributed by atoms with E-state index >= 15 is 0 Å². The molecule has 3 heteroatoms. The largest absolute Gasteiger partial charge is 0.324 e. The minimum Gasteiger partial charge on any atom is -0.324 e. The van der Waals surface area contributed by atoms with Gasteiger partial charge in [-0.25, -0.2) is 4.39 Å². The van der Waals surface area contributed by atoms with E-state index in [9.17, 15) is 4.39 Å². The number of nitrogens with one attached hydrogen (secondary N) is 1. The molecule has 1 heterocycles. The second-order valence-electron chi connectivity index (χ2n) is 6.53. The van der Waals surface area contributed by atoms with Crippen molar-refractivity contribution in [3.05, 3.63) is 59.4 Å². The summed E-state index contributed by atoms with van der Waals surface area (Å²) in [6, 6.07) is 14.0. The quantitative estimate of drug-likeness (QED) is 0.868. The molecule has 23 heavy (non-hydrogen) atoms. The third-order valence-electron chi connectivity index (χ3n) is 4.70. The second kappa shape index (κ2) is 7.24. The van der Waals surface area contributed by atoms with E-state index in [1.165, 1.54) is 18.4 Å². The standard InChI is InChI=1S/C20H25FN2/c1-14(22)18-8-3-9-19(20(18)21)16-6-2-5-15(13-16)10-11-17-7-4-12-23-17/h2-3,5-6,8-9,13-14,17,23H,4,7,10-12,22H2,1H3/t14-,17?/m1/s1. The Morgan fingerprint density at radius 1 is 1.26 bits per heavy atom.